The Kier molecular flexibility index (Phi) is 5.25. The van der Waals surface area contributed by atoms with Gasteiger partial charge < -0.3 is 5.32 Å². The molecule has 1 saturated heterocycles. The lowest BCUT2D eigenvalue weighted by Gasteiger charge is -2.48. The summed E-state index contributed by atoms with van der Waals surface area (Å²) in [7, 11) is 1.91. The highest BCUT2D eigenvalue weighted by atomic mass is 35.5. The fourth-order valence-electron chi connectivity index (χ4n) is 7.28. The largest absolute Gasteiger partial charge is 0.324 e. The van der Waals surface area contributed by atoms with E-state index >= 15 is 4.79 Å². The van der Waals surface area contributed by atoms with E-state index in [0.29, 0.717) is 45.7 Å². The van der Waals surface area contributed by atoms with Gasteiger partial charge in [-0.1, -0.05) is 59.1 Å². The Morgan fingerprint density at radius 2 is 1.74 bits per heavy atom. The SMILES string of the molecule is CN1C[C@H](c2ccc(Cl)cc2Cl)[C@]2(CCc3nc4ccccc4cc3C2=O)[C@]12C(=O)Nc1ccc(Cl)cc12. The van der Waals surface area contributed by atoms with Gasteiger partial charge in [0.1, 0.15) is 5.54 Å². The smallest absolute Gasteiger partial charge is 0.250 e. The van der Waals surface area contributed by atoms with Crippen molar-refractivity contribution < 1.29 is 9.59 Å². The second-order valence-corrected chi connectivity index (χ2v) is 11.7. The molecule has 3 aliphatic rings. The number of carbonyl (C=O) groups is 2. The van der Waals surface area contributed by atoms with Crippen LogP contribution in [0.25, 0.3) is 10.9 Å². The van der Waals surface area contributed by atoms with Crippen molar-refractivity contribution in [1.82, 2.24) is 9.88 Å². The van der Waals surface area contributed by atoms with E-state index in [1.54, 1.807) is 18.2 Å². The molecule has 0 unspecified atom stereocenters. The van der Waals surface area contributed by atoms with Crippen LogP contribution in [0.15, 0.2) is 66.7 Å². The number of rotatable bonds is 1. The lowest BCUT2D eigenvalue weighted by Crippen LogP contribution is -2.60. The van der Waals surface area contributed by atoms with Gasteiger partial charge in [0.25, 0.3) is 5.91 Å². The van der Waals surface area contributed by atoms with Gasteiger partial charge in [-0.05, 0) is 67.9 Å². The summed E-state index contributed by atoms with van der Waals surface area (Å²) in [6.45, 7) is 0.447. The standard InChI is InChI=1S/C30H22Cl3N3O2/c1-36-15-22(19-8-6-18(32)14-23(19)33)29(30(36)21-13-17(31)7-9-26(21)35-28(30)38)11-10-25-20(27(29)37)12-16-4-2-3-5-24(16)34-25/h2-9,12-14,22H,10-11,15H2,1H3,(H,35,38)/t22-,29+,30+/m1/s1. The van der Waals surface area contributed by atoms with Gasteiger partial charge in [-0.3, -0.25) is 19.5 Å². The number of halogens is 3. The maximum absolute atomic E-state index is 15.0. The number of benzene rings is 3. The first-order valence-corrected chi connectivity index (χ1v) is 13.6. The van der Waals surface area contributed by atoms with Crippen LogP contribution in [0.4, 0.5) is 5.69 Å². The van der Waals surface area contributed by atoms with Crippen LogP contribution in [0.5, 0.6) is 0 Å². The molecular weight excluding hydrogens is 541 g/mol. The van der Waals surface area contributed by atoms with Crippen LogP contribution in [0.2, 0.25) is 15.1 Å². The van der Waals surface area contributed by atoms with Gasteiger partial charge in [-0.15, -0.1) is 0 Å². The second kappa shape index (κ2) is 8.27. The van der Waals surface area contributed by atoms with E-state index in [1.165, 1.54) is 0 Å². The van der Waals surface area contributed by atoms with Crippen molar-refractivity contribution in [2.45, 2.75) is 24.3 Å². The number of nitrogens with zero attached hydrogens (tertiary/aromatic N) is 2. The van der Waals surface area contributed by atoms with Crippen molar-refractivity contribution in [2.24, 2.45) is 5.41 Å². The molecule has 1 fully saturated rings. The number of nitrogens with one attached hydrogen (secondary N) is 1. The highest BCUT2D eigenvalue weighted by molar-refractivity contribution is 6.35. The molecule has 5 nitrogen and oxygen atoms in total. The number of carbonyl (C=O) groups excluding carboxylic acids is 2. The highest BCUT2D eigenvalue weighted by Gasteiger charge is 2.74. The third kappa shape index (κ3) is 2.96. The Labute approximate surface area is 234 Å². The minimum Gasteiger partial charge on any atom is -0.324 e. The van der Waals surface area contributed by atoms with Gasteiger partial charge in [0, 0.05) is 49.7 Å². The normalized spacial score (nSPS) is 26.3. The minimum atomic E-state index is -1.28. The first-order chi connectivity index (χ1) is 18.3. The molecule has 3 atom stereocenters. The molecule has 0 bridgehead atoms. The topological polar surface area (TPSA) is 62.3 Å². The van der Waals surface area contributed by atoms with Crippen LogP contribution in [0, 0.1) is 5.41 Å². The molecule has 1 aromatic heterocycles. The molecule has 2 spiro atoms. The number of pyridine rings is 1. The quantitative estimate of drug-likeness (QED) is 0.274. The summed E-state index contributed by atoms with van der Waals surface area (Å²) in [4.78, 5) is 36.1. The number of likely N-dealkylation sites (N-methyl/N-ethyl adjacent to an activating group) is 1. The zero-order valence-electron chi connectivity index (χ0n) is 20.4. The van der Waals surface area contributed by atoms with Gasteiger partial charge in [0.15, 0.2) is 5.78 Å². The summed E-state index contributed by atoms with van der Waals surface area (Å²) < 4.78 is 0. The van der Waals surface area contributed by atoms with Crippen LogP contribution < -0.4 is 5.32 Å². The number of para-hydroxylation sites is 1. The molecule has 38 heavy (non-hydrogen) atoms. The molecule has 8 heteroatoms. The zero-order chi connectivity index (χ0) is 26.4. The van der Waals surface area contributed by atoms with Crippen LogP contribution in [-0.4, -0.2) is 35.2 Å². The van der Waals surface area contributed by atoms with Crippen molar-refractivity contribution in [1.29, 1.82) is 0 Å². The van der Waals surface area contributed by atoms with Crippen molar-refractivity contribution >= 4 is 63.1 Å². The average molecular weight is 563 g/mol. The molecule has 1 amide bonds. The van der Waals surface area contributed by atoms with E-state index in [-0.39, 0.29) is 17.6 Å². The molecule has 2 aliphatic heterocycles. The van der Waals surface area contributed by atoms with E-state index in [9.17, 15) is 4.79 Å². The first-order valence-electron chi connectivity index (χ1n) is 12.5. The maximum Gasteiger partial charge on any atom is 0.250 e. The number of anilines is 1. The molecule has 190 valence electrons. The molecule has 4 aromatic rings. The van der Waals surface area contributed by atoms with Gasteiger partial charge in [-0.2, -0.15) is 0 Å². The summed E-state index contributed by atoms with van der Waals surface area (Å²) >= 11 is 19.6. The number of hydrogen-bond acceptors (Lipinski definition) is 4. The monoisotopic (exact) mass is 561 g/mol. The third-order valence-corrected chi connectivity index (χ3v) is 9.56. The van der Waals surface area contributed by atoms with Crippen molar-refractivity contribution in [2.75, 3.05) is 18.9 Å². The van der Waals surface area contributed by atoms with Gasteiger partial charge in [-0.25, -0.2) is 0 Å². The van der Waals surface area contributed by atoms with E-state index < -0.39 is 11.0 Å². The van der Waals surface area contributed by atoms with E-state index in [4.69, 9.17) is 39.8 Å². The van der Waals surface area contributed by atoms with E-state index in [2.05, 4.69) is 5.32 Å². The fraction of sp³-hybridized carbons (Fsp3) is 0.233. The third-order valence-electron chi connectivity index (χ3n) is 8.76. The van der Waals surface area contributed by atoms with Crippen LogP contribution in [0.1, 0.15) is 39.5 Å². The summed E-state index contributed by atoms with van der Waals surface area (Å²) in [6, 6.07) is 20.5. The summed E-state index contributed by atoms with van der Waals surface area (Å²) in [5, 5.41) is 5.45. The number of ketones is 1. The molecule has 0 radical (unpaired) electrons. The number of fused-ring (bicyclic) bond motifs is 5. The Morgan fingerprint density at radius 1 is 0.974 bits per heavy atom. The Morgan fingerprint density at radius 3 is 2.55 bits per heavy atom. The summed E-state index contributed by atoms with van der Waals surface area (Å²) in [6.07, 6.45) is 0.976. The van der Waals surface area contributed by atoms with Crippen LogP contribution >= 0.6 is 34.8 Å². The summed E-state index contributed by atoms with van der Waals surface area (Å²) in [5.74, 6) is -0.698. The molecule has 0 saturated carbocycles. The minimum absolute atomic E-state index is 0.0969. The molecule has 1 N–H and O–H groups in total. The number of Topliss-reactive ketones (excluding diaryl/α,β-unsaturated/α-hetero) is 1. The number of hydrogen-bond donors (Lipinski definition) is 1. The van der Waals surface area contributed by atoms with Crippen LogP contribution in [-0.2, 0) is 16.8 Å². The Bertz CT molecular complexity index is 1710. The fourth-order valence-corrected chi connectivity index (χ4v) is 7.99. The predicted molar refractivity (Wildman–Crippen MR) is 150 cm³/mol. The highest BCUT2D eigenvalue weighted by Crippen LogP contribution is 2.66. The first kappa shape index (κ1) is 24.1. The predicted octanol–water partition coefficient (Wildman–Crippen LogP) is 6.89. The van der Waals surface area contributed by atoms with Crippen molar-refractivity contribution in [3.05, 3.63) is 104 Å². The zero-order valence-corrected chi connectivity index (χ0v) is 22.7. The summed E-state index contributed by atoms with van der Waals surface area (Å²) in [5.41, 5.74) is 1.92. The molecule has 7 rings (SSSR count). The lowest BCUT2D eigenvalue weighted by atomic mass is 9.54. The number of amides is 1. The number of aryl methyl sites for hydroxylation is 1. The van der Waals surface area contributed by atoms with E-state index in [0.717, 1.165) is 27.7 Å². The molecule has 3 aromatic carbocycles. The number of likely N-dealkylation sites (tertiary alicyclic amines) is 1. The van der Waals surface area contributed by atoms with Gasteiger partial charge in [0.2, 0.25) is 0 Å². The van der Waals surface area contributed by atoms with Crippen LogP contribution in [0.3, 0.4) is 0 Å². The van der Waals surface area contributed by atoms with Crippen molar-refractivity contribution in [3.8, 4) is 0 Å². The molecule has 1 aliphatic carbocycles. The second-order valence-electron chi connectivity index (χ2n) is 10.4. The van der Waals surface area contributed by atoms with E-state index in [1.807, 2.05) is 60.5 Å². The lowest BCUT2D eigenvalue weighted by molar-refractivity contribution is -0.130. The number of aromatic nitrogens is 1. The Balaban J connectivity index is 1.55. The molecular formula is C30H22Cl3N3O2. The van der Waals surface area contributed by atoms with Crippen molar-refractivity contribution in [3.63, 3.8) is 0 Å². The van der Waals surface area contributed by atoms with Gasteiger partial charge >= 0.3 is 0 Å². The average Bonchev–Trinajstić information content (AvgIpc) is 3.33. The molecule has 3 heterocycles. The Hall–Kier alpha value is -2.96. The van der Waals surface area contributed by atoms with Gasteiger partial charge in [0.05, 0.1) is 16.6 Å². The maximum atomic E-state index is 15.0.